The fourth-order valence-corrected chi connectivity index (χ4v) is 3.10. The predicted molar refractivity (Wildman–Crippen MR) is 72.9 cm³/mol. The molecule has 8 heteroatoms. The van der Waals surface area contributed by atoms with Crippen LogP contribution in [0.25, 0.3) is 0 Å². The fourth-order valence-electron chi connectivity index (χ4n) is 1.60. The molecular weight excluding hydrogens is 341 g/mol. The number of carbonyl (C=O) groups is 1. The molecular formula is C11H13BrFNO4S. The summed E-state index contributed by atoms with van der Waals surface area (Å²) in [4.78, 5) is 11.5. The summed E-state index contributed by atoms with van der Waals surface area (Å²) in [6, 6.07) is 2.73. The number of esters is 1. The van der Waals surface area contributed by atoms with E-state index < -0.39 is 27.9 Å². The summed E-state index contributed by atoms with van der Waals surface area (Å²) in [5.41, 5.74) is -0.205. The van der Waals surface area contributed by atoms with Crippen molar-refractivity contribution in [1.29, 1.82) is 0 Å². The van der Waals surface area contributed by atoms with Gasteiger partial charge in [0.15, 0.2) is 0 Å². The van der Waals surface area contributed by atoms with Gasteiger partial charge in [0, 0.05) is 4.47 Å². The highest BCUT2D eigenvalue weighted by atomic mass is 79.9. The molecule has 19 heavy (non-hydrogen) atoms. The van der Waals surface area contributed by atoms with Crippen LogP contribution in [0.2, 0.25) is 0 Å². The largest absolute Gasteiger partial charge is 0.467 e. The van der Waals surface area contributed by atoms with Crippen molar-refractivity contribution in [2.45, 2.75) is 13.0 Å². The van der Waals surface area contributed by atoms with Crippen LogP contribution < -0.4 is 4.31 Å². The monoisotopic (exact) mass is 353 g/mol. The fraction of sp³-hybridized carbons (Fsp3) is 0.364. The molecule has 0 spiro atoms. The molecule has 0 saturated heterocycles. The number of hydrogen-bond acceptors (Lipinski definition) is 4. The van der Waals surface area contributed by atoms with Gasteiger partial charge in [-0.05, 0) is 25.1 Å². The van der Waals surface area contributed by atoms with Crippen LogP contribution in [-0.2, 0) is 19.6 Å². The molecule has 0 radical (unpaired) electrons. The molecule has 0 fully saturated rings. The number of nitrogens with zero attached hydrogens (tertiary/aromatic N) is 1. The van der Waals surface area contributed by atoms with Gasteiger partial charge < -0.3 is 4.74 Å². The molecule has 0 saturated carbocycles. The zero-order valence-corrected chi connectivity index (χ0v) is 13.0. The van der Waals surface area contributed by atoms with Crippen LogP contribution in [0.4, 0.5) is 10.1 Å². The van der Waals surface area contributed by atoms with Crippen molar-refractivity contribution in [2.75, 3.05) is 17.7 Å². The second-order valence-corrected chi connectivity index (χ2v) is 6.63. The third kappa shape index (κ3) is 3.66. The van der Waals surface area contributed by atoms with Gasteiger partial charge in [-0.3, -0.25) is 4.31 Å². The van der Waals surface area contributed by atoms with Gasteiger partial charge in [-0.1, -0.05) is 15.9 Å². The van der Waals surface area contributed by atoms with Crippen LogP contribution >= 0.6 is 15.9 Å². The van der Waals surface area contributed by atoms with E-state index in [9.17, 15) is 17.6 Å². The summed E-state index contributed by atoms with van der Waals surface area (Å²) in [6.45, 7) is 1.33. The van der Waals surface area contributed by atoms with E-state index in [0.717, 1.165) is 19.4 Å². The van der Waals surface area contributed by atoms with E-state index >= 15 is 0 Å². The number of sulfonamides is 1. The minimum absolute atomic E-state index is 0.205. The number of ether oxygens (including phenoxy) is 1. The molecule has 5 nitrogen and oxygen atoms in total. The second-order valence-electron chi connectivity index (χ2n) is 3.85. The van der Waals surface area contributed by atoms with Crippen LogP contribution in [0, 0.1) is 5.82 Å². The summed E-state index contributed by atoms with van der Waals surface area (Å²) in [7, 11) is -2.69. The van der Waals surface area contributed by atoms with E-state index in [-0.39, 0.29) is 5.69 Å². The van der Waals surface area contributed by atoms with Crippen molar-refractivity contribution in [3.63, 3.8) is 0 Å². The van der Waals surface area contributed by atoms with Crippen molar-refractivity contribution >= 4 is 37.6 Å². The van der Waals surface area contributed by atoms with Gasteiger partial charge in [-0.15, -0.1) is 0 Å². The maximum atomic E-state index is 13.9. The molecule has 0 heterocycles. The molecule has 0 aromatic heterocycles. The zero-order chi connectivity index (χ0) is 14.8. The quantitative estimate of drug-likeness (QED) is 0.775. The Hall–Kier alpha value is -1.15. The first-order chi connectivity index (χ1) is 8.68. The zero-order valence-electron chi connectivity index (χ0n) is 10.6. The maximum Gasteiger partial charge on any atom is 0.329 e. The van der Waals surface area contributed by atoms with E-state index in [2.05, 4.69) is 20.7 Å². The van der Waals surface area contributed by atoms with E-state index in [0.29, 0.717) is 8.78 Å². The highest BCUT2D eigenvalue weighted by molar-refractivity contribution is 9.10. The first-order valence-electron chi connectivity index (χ1n) is 5.20. The molecule has 1 rings (SSSR count). The van der Waals surface area contributed by atoms with Crippen molar-refractivity contribution in [3.8, 4) is 0 Å². The number of hydrogen-bond donors (Lipinski definition) is 0. The smallest absolute Gasteiger partial charge is 0.329 e. The van der Waals surface area contributed by atoms with E-state index in [1.54, 1.807) is 0 Å². The first kappa shape index (κ1) is 15.9. The maximum absolute atomic E-state index is 13.9. The van der Waals surface area contributed by atoms with Gasteiger partial charge in [-0.25, -0.2) is 17.6 Å². The lowest BCUT2D eigenvalue weighted by Gasteiger charge is -2.27. The highest BCUT2D eigenvalue weighted by Crippen LogP contribution is 2.27. The molecule has 0 aliphatic carbocycles. The molecule has 106 valence electrons. The Kier molecular flexibility index (Phi) is 4.92. The SMILES string of the molecule is COC(=O)C(C)N(c1ccc(Br)cc1F)S(C)(=O)=O. The van der Waals surface area contributed by atoms with Crippen LogP contribution in [0.15, 0.2) is 22.7 Å². The molecule has 0 aliphatic rings. The van der Waals surface area contributed by atoms with E-state index in [4.69, 9.17) is 0 Å². The molecule has 0 amide bonds. The lowest BCUT2D eigenvalue weighted by molar-refractivity contribution is -0.141. The van der Waals surface area contributed by atoms with E-state index in [1.165, 1.54) is 19.1 Å². The molecule has 1 aromatic carbocycles. The summed E-state index contributed by atoms with van der Waals surface area (Å²) >= 11 is 3.08. The summed E-state index contributed by atoms with van der Waals surface area (Å²) in [5, 5.41) is 0. The van der Waals surface area contributed by atoms with Crippen molar-refractivity contribution in [3.05, 3.63) is 28.5 Å². The van der Waals surface area contributed by atoms with Crippen molar-refractivity contribution in [2.24, 2.45) is 0 Å². The van der Waals surface area contributed by atoms with Gasteiger partial charge in [0.1, 0.15) is 11.9 Å². The Morgan fingerprint density at radius 3 is 2.47 bits per heavy atom. The van der Waals surface area contributed by atoms with E-state index in [1.807, 2.05) is 0 Å². The molecule has 1 unspecified atom stereocenters. The van der Waals surface area contributed by atoms with Crippen molar-refractivity contribution < 1.29 is 22.3 Å². The molecule has 1 aromatic rings. The van der Waals surface area contributed by atoms with Crippen LogP contribution in [0.5, 0.6) is 0 Å². The van der Waals surface area contributed by atoms with Gasteiger partial charge in [0.25, 0.3) is 0 Å². The average Bonchev–Trinajstić information content (AvgIpc) is 2.29. The Morgan fingerprint density at radius 1 is 1.47 bits per heavy atom. The van der Waals surface area contributed by atoms with Crippen LogP contribution in [0.1, 0.15) is 6.92 Å². The van der Waals surface area contributed by atoms with Gasteiger partial charge in [0.2, 0.25) is 10.0 Å². The lowest BCUT2D eigenvalue weighted by Crippen LogP contribution is -2.43. The topological polar surface area (TPSA) is 63.7 Å². The van der Waals surface area contributed by atoms with Crippen molar-refractivity contribution in [1.82, 2.24) is 0 Å². The normalized spacial score (nSPS) is 12.9. The molecule has 0 aliphatic heterocycles. The lowest BCUT2D eigenvalue weighted by atomic mass is 10.2. The standard InChI is InChI=1S/C11H13BrFNO4S/c1-7(11(15)18-2)14(19(3,16)17)10-5-4-8(12)6-9(10)13/h4-7H,1-3H3. The second kappa shape index (κ2) is 5.87. The highest BCUT2D eigenvalue weighted by Gasteiger charge is 2.31. The summed E-state index contributed by atoms with van der Waals surface area (Å²) < 4.78 is 43.1. The molecule has 0 bridgehead atoms. The predicted octanol–water partition coefficient (Wildman–Crippen LogP) is 1.92. The molecule has 0 N–H and O–H groups in total. The Balaban J connectivity index is 3.37. The minimum Gasteiger partial charge on any atom is -0.467 e. The Labute approximate surface area is 119 Å². The Morgan fingerprint density at radius 2 is 2.05 bits per heavy atom. The number of carbonyl (C=O) groups excluding carboxylic acids is 1. The van der Waals surface area contributed by atoms with Gasteiger partial charge in [-0.2, -0.15) is 0 Å². The van der Waals surface area contributed by atoms with Gasteiger partial charge >= 0.3 is 5.97 Å². The number of halogens is 2. The number of anilines is 1. The van der Waals surface area contributed by atoms with Crippen LogP contribution in [0.3, 0.4) is 0 Å². The number of methoxy groups -OCH3 is 1. The Bertz CT molecular complexity index is 590. The molecule has 1 atom stereocenters. The average molecular weight is 354 g/mol. The third-order valence-electron chi connectivity index (χ3n) is 2.40. The number of rotatable bonds is 4. The first-order valence-corrected chi connectivity index (χ1v) is 7.85. The third-order valence-corrected chi connectivity index (χ3v) is 4.12. The van der Waals surface area contributed by atoms with Crippen LogP contribution in [-0.4, -0.2) is 33.8 Å². The summed E-state index contributed by atoms with van der Waals surface area (Å²) in [6.07, 6.45) is 0.897. The minimum atomic E-state index is -3.83. The number of benzene rings is 1. The van der Waals surface area contributed by atoms with Gasteiger partial charge in [0.05, 0.1) is 19.1 Å². The summed E-state index contributed by atoms with van der Waals surface area (Å²) in [5.74, 6) is -1.52.